The van der Waals surface area contributed by atoms with Crippen molar-refractivity contribution in [1.82, 2.24) is 0 Å². The minimum Gasteiger partial charge on any atom is -0.507 e. The number of phenols is 1. The normalized spacial score (nSPS) is 11.9. The Hall–Kier alpha value is -4.19. The molecule has 0 aliphatic rings. The zero-order valence-electron chi connectivity index (χ0n) is 17.6. The highest BCUT2D eigenvalue weighted by molar-refractivity contribution is 6.06. The quantitative estimate of drug-likeness (QED) is 0.523. The molecule has 0 spiro atoms. The number of para-hydroxylation sites is 1. The van der Waals surface area contributed by atoms with Gasteiger partial charge in [0.1, 0.15) is 5.75 Å². The monoisotopic (exact) mass is 456 g/mol. The van der Waals surface area contributed by atoms with E-state index in [1.165, 1.54) is 62.8 Å². The first kappa shape index (κ1) is 23.5. The Labute approximate surface area is 187 Å². The highest BCUT2D eigenvalue weighted by atomic mass is 19.4. The Morgan fingerprint density at radius 3 is 2.33 bits per heavy atom. The standard InChI is InChI=1S/C24H19F3N2O4/c1-32-21-10-7-14(11-22(21)33-2)18(13-28)16-9-8-15(12-19(16)24(25,26)27)29-23(31)17-5-3-4-6-20(17)30/h3-12,18,30H,1-2H3,(H,29,31). The highest BCUT2D eigenvalue weighted by Crippen LogP contribution is 2.40. The molecule has 0 aliphatic heterocycles. The zero-order chi connectivity index (χ0) is 24.2. The van der Waals surface area contributed by atoms with Crippen LogP contribution in [0.1, 0.15) is 33.0 Å². The average Bonchev–Trinajstić information content (AvgIpc) is 2.79. The van der Waals surface area contributed by atoms with Crippen LogP contribution in [-0.2, 0) is 6.18 Å². The Morgan fingerprint density at radius 1 is 1.03 bits per heavy atom. The van der Waals surface area contributed by atoms with E-state index in [0.717, 1.165) is 12.1 Å². The lowest BCUT2D eigenvalue weighted by atomic mass is 9.88. The number of methoxy groups -OCH3 is 2. The summed E-state index contributed by atoms with van der Waals surface area (Å²) in [6.45, 7) is 0. The van der Waals surface area contributed by atoms with E-state index in [0.29, 0.717) is 5.75 Å². The van der Waals surface area contributed by atoms with Gasteiger partial charge >= 0.3 is 6.18 Å². The van der Waals surface area contributed by atoms with E-state index in [4.69, 9.17) is 9.47 Å². The van der Waals surface area contributed by atoms with Gasteiger partial charge in [-0.25, -0.2) is 0 Å². The molecule has 3 aromatic carbocycles. The molecular weight excluding hydrogens is 437 g/mol. The van der Waals surface area contributed by atoms with Crippen LogP contribution in [0.3, 0.4) is 0 Å². The molecule has 0 radical (unpaired) electrons. The summed E-state index contributed by atoms with van der Waals surface area (Å²) in [7, 11) is 2.80. The smallest absolute Gasteiger partial charge is 0.416 e. The van der Waals surface area contributed by atoms with Crippen molar-refractivity contribution in [3.05, 3.63) is 82.9 Å². The number of ether oxygens (including phenoxy) is 2. The van der Waals surface area contributed by atoms with Gasteiger partial charge in [-0.3, -0.25) is 4.79 Å². The van der Waals surface area contributed by atoms with E-state index < -0.39 is 23.6 Å². The Kier molecular flexibility index (Phi) is 6.78. The second-order valence-electron chi connectivity index (χ2n) is 6.95. The lowest BCUT2D eigenvalue weighted by Crippen LogP contribution is -2.16. The van der Waals surface area contributed by atoms with Gasteiger partial charge in [0.25, 0.3) is 5.91 Å². The van der Waals surface area contributed by atoms with Gasteiger partial charge in [0.2, 0.25) is 0 Å². The van der Waals surface area contributed by atoms with Gasteiger partial charge < -0.3 is 19.9 Å². The summed E-state index contributed by atoms with van der Waals surface area (Å²) in [5, 5.41) is 21.9. The zero-order valence-corrected chi connectivity index (χ0v) is 17.6. The van der Waals surface area contributed by atoms with Gasteiger partial charge in [0.15, 0.2) is 11.5 Å². The lowest BCUT2D eigenvalue weighted by Gasteiger charge is -2.19. The summed E-state index contributed by atoms with van der Waals surface area (Å²) >= 11 is 0. The molecule has 0 bridgehead atoms. The van der Waals surface area contributed by atoms with E-state index in [1.807, 2.05) is 6.07 Å². The van der Waals surface area contributed by atoms with E-state index >= 15 is 0 Å². The number of phenolic OH excluding ortho intramolecular Hbond substituents is 1. The minimum atomic E-state index is -4.80. The Balaban J connectivity index is 2.03. The number of hydrogen-bond donors (Lipinski definition) is 2. The van der Waals surface area contributed by atoms with Gasteiger partial charge in [0, 0.05) is 5.69 Å². The summed E-state index contributed by atoms with van der Waals surface area (Å²) < 4.78 is 52.1. The second-order valence-corrected chi connectivity index (χ2v) is 6.95. The molecule has 33 heavy (non-hydrogen) atoms. The van der Waals surface area contributed by atoms with Crippen molar-refractivity contribution in [3.63, 3.8) is 0 Å². The summed E-state index contributed by atoms with van der Waals surface area (Å²) in [5.74, 6) is -1.69. The molecule has 1 atom stereocenters. The van der Waals surface area contributed by atoms with Gasteiger partial charge in [-0.15, -0.1) is 0 Å². The second kappa shape index (κ2) is 9.53. The molecule has 6 nitrogen and oxygen atoms in total. The van der Waals surface area contributed by atoms with Crippen molar-refractivity contribution in [2.45, 2.75) is 12.1 Å². The third-order valence-corrected chi connectivity index (χ3v) is 4.95. The van der Waals surface area contributed by atoms with Crippen molar-refractivity contribution >= 4 is 11.6 Å². The molecule has 3 aromatic rings. The molecule has 0 aromatic heterocycles. The first-order chi connectivity index (χ1) is 15.7. The number of carbonyl (C=O) groups is 1. The molecule has 0 saturated carbocycles. The predicted molar refractivity (Wildman–Crippen MR) is 115 cm³/mol. The predicted octanol–water partition coefficient (Wildman–Crippen LogP) is 5.34. The molecule has 0 aliphatic carbocycles. The van der Waals surface area contributed by atoms with Gasteiger partial charge in [-0.05, 0) is 47.5 Å². The number of nitrogens with zero attached hydrogens (tertiary/aromatic N) is 1. The SMILES string of the molecule is COc1ccc(C(C#N)c2ccc(NC(=O)c3ccccc3O)cc2C(F)(F)F)cc1OC. The van der Waals surface area contributed by atoms with Crippen LogP contribution >= 0.6 is 0 Å². The maximum absolute atomic E-state index is 13.9. The molecule has 3 rings (SSSR count). The Bertz CT molecular complexity index is 1220. The molecule has 170 valence electrons. The number of alkyl halides is 3. The van der Waals surface area contributed by atoms with Crippen LogP contribution < -0.4 is 14.8 Å². The number of halogens is 3. The van der Waals surface area contributed by atoms with Crippen molar-refractivity contribution in [2.75, 3.05) is 19.5 Å². The van der Waals surface area contributed by atoms with Crippen LogP contribution in [0.4, 0.5) is 18.9 Å². The summed E-state index contributed by atoms with van der Waals surface area (Å²) in [5.41, 5.74) is -1.29. The van der Waals surface area contributed by atoms with Crippen LogP contribution in [0, 0.1) is 11.3 Å². The third kappa shape index (κ3) is 5.01. The number of benzene rings is 3. The molecule has 1 unspecified atom stereocenters. The maximum atomic E-state index is 13.9. The van der Waals surface area contributed by atoms with Crippen LogP contribution in [0.5, 0.6) is 17.2 Å². The van der Waals surface area contributed by atoms with E-state index in [9.17, 15) is 28.3 Å². The summed E-state index contributed by atoms with van der Waals surface area (Å²) in [6.07, 6.45) is -4.80. The van der Waals surface area contributed by atoms with Crippen LogP contribution in [0.2, 0.25) is 0 Å². The first-order valence-electron chi connectivity index (χ1n) is 9.61. The fraction of sp³-hybridized carbons (Fsp3) is 0.167. The maximum Gasteiger partial charge on any atom is 0.416 e. The third-order valence-electron chi connectivity index (χ3n) is 4.95. The van der Waals surface area contributed by atoms with Gasteiger partial charge in [-0.2, -0.15) is 18.4 Å². The summed E-state index contributed by atoms with van der Waals surface area (Å²) in [6, 6.07) is 15.2. The Morgan fingerprint density at radius 2 is 1.73 bits per heavy atom. The number of nitriles is 1. The number of anilines is 1. The van der Waals surface area contributed by atoms with Crippen molar-refractivity contribution < 1.29 is 32.5 Å². The number of amides is 1. The van der Waals surface area contributed by atoms with Crippen LogP contribution in [-0.4, -0.2) is 25.2 Å². The van der Waals surface area contributed by atoms with Crippen molar-refractivity contribution in [3.8, 4) is 23.3 Å². The topological polar surface area (TPSA) is 91.6 Å². The molecule has 1 amide bonds. The van der Waals surface area contributed by atoms with Gasteiger partial charge in [0.05, 0.1) is 37.3 Å². The average molecular weight is 456 g/mol. The van der Waals surface area contributed by atoms with Crippen LogP contribution in [0.25, 0.3) is 0 Å². The highest BCUT2D eigenvalue weighted by Gasteiger charge is 2.36. The van der Waals surface area contributed by atoms with Crippen molar-refractivity contribution in [2.24, 2.45) is 0 Å². The largest absolute Gasteiger partial charge is 0.507 e. The van der Waals surface area contributed by atoms with Gasteiger partial charge in [-0.1, -0.05) is 24.3 Å². The number of carbonyl (C=O) groups excluding carboxylic acids is 1. The van der Waals surface area contributed by atoms with Crippen LogP contribution in [0.15, 0.2) is 60.7 Å². The molecular formula is C24H19F3N2O4. The number of hydrogen-bond acceptors (Lipinski definition) is 5. The lowest BCUT2D eigenvalue weighted by molar-refractivity contribution is -0.138. The molecule has 0 saturated heterocycles. The van der Waals surface area contributed by atoms with E-state index in [-0.39, 0.29) is 33.9 Å². The van der Waals surface area contributed by atoms with E-state index in [2.05, 4.69) is 5.32 Å². The van der Waals surface area contributed by atoms with E-state index in [1.54, 1.807) is 0 Å². The first-order valence-corrected chi connectivity index (χ1v) is 9.61. The molecule has 0 heterocycles. The van der Waals surface area contributed by atoms with Crippen molar-refractivity contribution in [1.29, 1.82) is 5.26 Å². The number of aromatic hydroxyl groups is 1. The number of nitrogens with one attached hydrogen (secondary N) is 1. The minimum absolute atomic E-state index is 0.0876. The summed E-state index contributed by atoms with van der Waals surface area (Å²) in [4.78, 5) is 12.4. The fourth-order valence-corrected chi connectivity index (χ4v) is 3.35. The number of rotatable bonds is 6. The fourth-order valence-electron chi connectivity index (χ4n) is 3.35. The molecule has 2 N–H and O–H groups in total. The molecule has 9 heteroatoms. The molecule has 0 fully saturated rings.